The van der Waals surface area contributed by atoms with E-state index in [4.69, 9.17) is 0 Å². The van der Waals surface area contributed by atoms with Crippen LogP contribution in [-0.4, -0.2) is 12.6 Å². The van der Waals surface area contributed by atoms with Crippen LogP contribution in [0.3, 0.4) is 0 Å². The second-order valence-corrected chi connectivity index (χ2v) is 8.36. The Kier molecular flexibility index (Phi) is 4.82. The highest BCUT2D eigenvalue weighted by molar-refractivity contribution is 9.10. The molecule has 1 aliphatic heterocycles. The number of nitriles is 1. The largest absolute Gasteiger partial charge is 0.365 e. The van der Waals surface area contributed by atoms with Gasteiger partial charge in [0.05, 0.1) is 17.2 Å². The normalized spacial score (nSPS) is 16.0. The third-order valence-corrected chi connectivity index (χ3v) is 5.71. The summed E-state index contributed by atoms with van der Waals surface area (Å²) in [6.07, 6.45) is 4.30. The van der Waals surface area contributed by atoms with Gasteiger partial charge in [0.25, 0.3) is 0 Å². The molecule has 0 spiro atoms. The first-order valence-corrected chi connectivity index (χ1v) is 9.48. The number of nitrogens with zero attached hydrogens (tertiary/aromatic N) is 2. The van der Waals surface area contributed by atoms with Crippen LogP contribution in [0.15, 0.2) is 46.9 Å². The molecule has 3 rings (SSSR count). The van der Waals surface area contributed by atoms with Gasteiger partial charge in [-0.1, -0.05) is 34.1 Å². The van der Waals surface area contributed by atoms with Crippen LogP contribution in [0, 0.1) is 18.3 Å². The maximum absolute atomic E-state index is 9.65. The number of aryl methyl sites for hydroxylation is 1. The molecule has 0 radical (unpaired) electrons. The van der Waals surface area contributed by atoms with Gasteiger partial charge in [-0.05, 0) is 80.3 Å². The minimum Gasteiger partial charge on any atom is -0.365 e. The van der Waals surface area contributed by atoms with Crippen molar-refractivity contribution in [3.05, 3.63) is 69.2 Å². The van der Waals surface area contributed by atoms with Crippen LogP contribution < -0.4 is 4.90 Å². The molecule has 1 heterocycles. The summed E-state index contributed by atoms with van der Waals surface area (Å²) in [5, 5.41) is 9.65. The molecule has 2 nitrogen and oxygen atoms in total. The van der Waals surface area contributed by atoms with E-state index in [1.807, 2.05) is 30.3 Å². The average molecular weight is 407 g/mol. The SMILES string of the molecule is CC1=CC(C)(C)N(C)c2cc(C)c(/C=C(\C#N)c3ccc(Br)cc3)cc21. The number of likely N-dealkylation sites (N-methyl/N-ethyl adjacent to an activating group) is 1. The van der Waals surface area contributed by atoms with E-state index in [2.05, 4.69) is 79.9 Å². The maximum atomic E-state index is 9.65. The molecular formula is C23H23BrN2. The molecule has 0 atom stereocenters. The Morgan fingerprint density at radius 1 is 1.15 bits per heavy atom. The highest BCUT2D eigenvalue weighted by atomic mass is 79.9. The highest BCUT2D eigenvalue weighted by Crippen LogP contribution is 2.39. The van der Waals surface area contributed by atoms with Gasteiger partial charge in [-0.25, -0.2) is 0 Å². The molecule has 0 N–H and O–H groups in total. The first-order chi connectivity index (χ1) is 12.2. The summed E-state index contributed by atoms with van der Waals surface area (Å²) < 4.78 is 1.01. The quantitative estimate of drug-likeness (QED) is 0.422. The van der Waals surface area contributed by atoms with Gasteiger partial charge < -0.3 is 4.90 Å². The van der Waals surface area contributed by atoms with Crippen LogP contribution in [0.25, 0.3) is 17.2 Å². The fourth-order valence-corrected chi connectivity index (χ4v) is 3.70. The molecule has 0 aromatic heterocycles. The molecular weight excluding hydrogens is 384 g/mol. The zero-order chi connectivity index (χ0) is 19.1. The van der Waals surface area contributed by atoms with E-state index in [1.54, 1.807) is 0 Å². The van der Waals surface area contributed by atoms with Crippen LogP contribution in [-0.2, 0) is 0 Å². The van der Waals surface area contributed by atoms with E-state index in [1.165, 1.54) is 22.4 Å². The second kappa shape index (κ2) is 6.78. The van der Waals surface area contributed by atoms with E-state index in [-0.39, 0.29) is 5.54 Å². The Bertz CT molecular complexity index is 957. The molecule has 0 fully saturated rings. The number of fused-ring (bicyclic) bond motifs is 1. The summed E-state index contributed by atoms with van der Waals surface area (Å²) in [5.41, 5.74) is 7.61. The monoisotopic (exact) mass is 406 g/mol. The van der Waals surface area contributed by atoms with Gasteiger partial charge in [0.15, 0.2) is 0 Å². The summed E-state index contributed by atoms with van der Waals surface area (Å²) in [4.78, 5) is 2.32. The number of rotatable bonds is 2. The zero-order valence-corrected chi connectivity index (χ0v) is 17.5. The topological polar surface area (TPSA) is 27.0 Å². The molecule has 0 unspecified atom stereocenters. The molecule has 132 valence electrons. The molecule has 2 aromatic carbocycles. The maximum Gasteiger partial charge on any atom is 0.0998 e. The van der Waals surface area contributed by atoms with E-state index >= 15 is 0 Å². The molecule has 3 heteroatoms. The summed E-state index contributed by atoms with van der Waals surface area (Å²) in [7, 11) is 2.14. The Morgan fingerprint density at radius 3 is 2.42 bits per heavy atom. The molecule has 2 aromatic rings. The summed E-state index contributed by atoms with van der Waals surface area (Å²) in [6, 6.07) is 14.6. The van der Waals surface area contributed by atoms with Crippen LogP contribution in [0.4, 0.5) is 5.69 Å². The van der Waals surface area contributed by atoms with E-state index in [9.17, 15) is 5.26 Å². The van der Waals surface area contributed by atoms with E-state index < -0.39 is 0 Å². The molecule has 0 saturated heterocycles. The number of hydrogen-bond acceptors (Lipinski definition) is 2. The standard InChI is InChI=1S/C23H23BrN2/c1-15-10-22-21(16(2)13-23(3,4)26(22)5)12-18(15)11-19(14-25)17-6-8-20(24)9-7-17/h6-13H,1-5H3/b19-11+. The zero-order valence-electron chi connectivity index (χ0n) is 15.9. The molecule has 0 aliphatic carbocycles. The Labute approximate surface area is 164 Å². The van der Waals surface area contributed by atoms with E-state index in [0.717, 1.165) is 15.6 Å². The molecule has 0 bridgehead atoms. The Morgan fingerprint density at radius 2 is 1.81 bits per heavy atom. The fraction of sp³-hybridized carbons (Fsp3) is 0.261. The lowest BCUT2D eigenvalue weighted by molar-refractivity contribution is 0.597. The van der Waals surface area contributed by atoms with Crippen LogP contribution in [0.1, 0.15) is 43.0 Å². The lowest BCUT2D eigenvalue weighted by Crippen LogP contribution is -2.42. The van der Waals surface area contributed by atoms with Gasteiger partial charge in [-0.3, -0.25) is 0 Å². The number of halogens is 1. The third kappa shape index (κ3) is 3.34. The predicted octanol–water partition coefficient (Wildman–Crippen LogP) is 6.45. The molecule has 0 saturated carbocycles. The summed E-state index contributed by atoms with van der Waals surface area (Å²) in [5.74, 6) is 0. The predicted molar refractivity (Wildman–Crippen MR) is 115 cm³/mol. The number of hydrogen-bond donors (Lipinski definition) is 0. The minimum atomic E-state index is -0.00385. The van der Waals surface area contributed by atoms with Crippen molar-refractivity contribution in [1.29, 1.82) is 5.26 Å². The van der Waals surface area contributed by atoms with Gasteiger partial charge in [0, 0.05) is 22.8 Å². The van der Waals surface area contributed by atoms with Crippen molar-refractivity contribution in [3.63, 3.8) is 0 Å². The molecule has 26 heavy (non-hydrogen) atoms. The van der Waals surface area contributed by atoms with Gasteiger partial charge in [0.2, 0.25) is 0 Å². The van der Waals surface area contributed by atoms with Gasteiger partial charge in [-0.2, -0.15) is 5.26 Å². The average Bonchev–Trinajstić information content (AvgIpc) is 2.59. The van der Waals surface area contributed by atoms with Crippen LogP contribution >= 0.6 is 15.9 Å². The van der Waals surface area contributed by atoms with Gasteiger partial charge in [0.1, 0.15) is 0 Å². The van der Waals surface area contributed by atoms with E-state index in [0.29, 0.717) is 5.57 Å². The Balaban J connectivity index is 2.12. The van der Waals surface area contributed by atoms with Gasteiger partial charge >= 0.3 is 0 Å². The highest BCUT2D eigenvalue weighted by Gasteiger charge is 2.28. The van der Waals surface area contributed by atoms with Gasteiger partial charge in [-0.15, -0.1) is 0 Å². The molecule has 1 aliphatic rings. The lowest BCUT2D eigenvalue weighted by Gasteiger charge is -2.41. The second-order valence-electron chi connectivity index (χ2n) is 7.44. The van der Waals surface area contributed by atoms with Crippen molar-refractivity contribution < 1.29 is 0 Å². The smallest absolute Gasteiger partial charge is 0.0998 e. The first kappa shape index (κ1) is 18.5. The number of benzene rings is 2. The number of allylic oxidation sites excluding steroid dienone is 2. The minimum absolute atomic E-state index is 0.00385. The van der Waals surface area contributed by atoms with Crippen LogP contribution in [0.2, 0.25) is 0 Å². The van der Waals surface area contributed by atoms with Crippen LogP contribution in [0.5, 0.6) is 0 Å². The van der Waals surface area contributed by atoms with Crippen molar-refractivity contribution in [3.8, 4) is 6.07 Å². The van der Waals surface area contributed by atoms with Crippen molar-refractivity contribution in [1.82, 2.24) is 0 Å². The van der Waals surface area contributed by atoms with Crippen molar-refractivity contribution in [2.45, 2.75) is 33.2 Å². The lowest BCUT2D eigenvalue weighted by atomic mass is 9.87. The van der Waals surface area contributed by atoms with Crippen molar-refractivity contribution in [2.24, 2.45) is 0 Å². The first-order valence-electron chi connectivity index (χ1n) is 8.69. The third-order valence-electron chi connectivity index (χ3n) is 5.18. The van der Waals surface area contributed by atoms with Crippen molar-refractivity contribution >= 4 is 38.8 Å². The molecule has 0 amide bonds. The summed E-state index contributed by atoms with van der Waals surface area (Å²) >= 11 is 3.44. The Hall–Kier alpha value is -2.31. The number of anilines is 1. The summed E-state index contributed by atoms with van der Waals surface area (Å²) in [6.45, 7) is 8.72. The fourth-order valence-electron chi connectivity index (χ4n) is 3.44. The van der Waals surface area contributed by atoms with Crippen molar-refractivity contribution in [2.75, 3.05) is 11.9 Å².